The minimum absolute atomic E-state index is 0.0367. The lowest BCUT2D eigenvalue weighted by Crippen LogP contribution is -2.65. The number of ketones is 1. The third-order valence-electron chi connectivity index (χ3n) is 10.2. The summed E-state index contributed by atoms with van der Waals surface area (Å²) in [6, 6.07) is -0.759. The lowest BCUT2D eigenvalue weighted by molar-refractivity contribution is -0.344. The van der Waals surface area contributed by atoms with E-state index in [4.69, 9.17) is 28.4 Å². The second kappa shape index (κ2) is 19.3. The van der Waals surface area contributed by atoms with Gasteiger partial charge in [-0.05, 0) is 60.2 Å². The normalized spacial score (nSPS) is 44.9. The largest absolute Gasteiger partial charge is 0.462 e. The molecule has 16 atom stereocenters. The molecule has 3 heterocycles. The highest BCUT2D eigenvalue weighted by molar-refractivity contribution is 5.91. The molecule has 0 aromatic rings. The van der Waals surface area contributed by atoms with Crippen molar-refractivity contribution in [2.45, 2.75) is 139 Å². The molecule has 0 aromatic heterocycles. The predicted molar refractivity (Wildman–Crippen MR) is 182 cm³/mol. The lowest BCUT2D eigenvalue weighted by Gasteiger charge is -2.50. The summed E-state index contributed by atoms with van der Waals surface area (Å²) in [5.74, 6) is -2.92. The van der Waals surface area contributed by atoms with Crippen LogP contribution in [0, 0.1) is 17.8 Å². The first-order chi connectivity index (χ1) is 23.9. The van der Waals surface area contributed by atoms with E-state index in [0.717, 1.165) is 0 Å². The van der Waals surface area contributed by atoms with Crippen molar-refractivity contribution in [1.29, 1.82) is 0 Å². The number of hydrogen-bond donors (Lipinski definition) is 5. The average Bonchev–Trinajstić information content (AvgIpc) is 3.04. The molecule has 2 saturated heterocycles. The van der Waals surface area contributed by atoms with Crippen molar-refractivity contribution in [3.05, 3.63) is 24.3 Å². The number of esters is 1. The van der Waals surface area contributed by atoms with Gasteiger partial charge >= 0.3 is 5.97 Å². The maximum Gasteiger partial charge on any atom is 0.308 e. The Bertz CT molecular complexity index is 1190. The van der Waals surface area contributed by atoms with Crippen LogP contribution < -0.4 is 0 Å². The molecule has 15 heteroatoms. The first-order valence-corrected chi connectivity index (χ1v) is 17.7. The number of allylic oxidation sites excluding steroid dienone is 3. The van der Waals surface area contributed by atoms with Gasteiger partial charge in [0.1, 0.15) is 36.8 Å². The van der Waals surface area contributed by atoms with Crippen molar-refractivity contribution >= 4 is 18.0 Å². The molecule has 5 N–H and O–H groups in total. The highest BCUT2D eigenvalue weighted by Crippen LogP contribution is 2.36. The van der Waals surface area contributed by atoms with E-state index in [2.05, 4.69) is 0 Å². The summed E-state index contributed by atoms with van der Waals surface area (Å²) in [6.45, 7) is 7.81. The molecular formula is C36H59NO14. The molecule has 3 aliphatic heterocycles. The Kier molecular flexibility index (Phi) is 16.3. The maximum absolute atomic E-state index is 13.1. The van der Waals surface area contributed by atoms with E-state index in [9.17, 15) is 39.9 Å². The number of ether oxygens (including phenoxy) is 6. The number of aliphatic hydroxyl groups excluding tert-OH is 4. The number of likely N-dealkylation sites (N-methyl/N-ethyl adjacent to an activating group) is 1. The molecule has 0 spiro atoms. The van der Waals surface area contributed by atoms with Crippen LogP contribution in [-0.4, -0.2) is 155 Å². The number of cyclic esters (lactones) is 1. The Morgan fingerprint density at radius 1 is 0.980 bits per heavy atom. The fraction of sp³-hybridized carbons (Fsp3) is 0.806. The molecule has 0 saturated carbocycles. The highest BCUT2D eigenvalue weighted by Gasteiger charge is 2.51. The van der Waals surface area contributed by atoms with Crippen molar-refractivity contribution in [2.24, 2.45) is 17.8 Å². The van der Waals surface area contributed by atoms with Crippen molar-refractivity contribution in [3.8, 4) is 0 Å². The standard InChI is InChI=1S/C36H59NO14/c1-19-15-23(13-14-38)32(33(46-8)26(41)16-27(42)47-20(2)24(18-39)11-9-10-12-25(19)40)51-35-30(43)29(37(6)7)31(21(3)49-35)50-28-17-36(5,45)34(44)22(4)48-28/h9-12,14,19-24,26,28-35,39,41,43-45H,13,15-18H2,1-8H3/b11-9+,12-10+/t19-,20-,21+,22-,23+,24-,26-,28+,29?,30?,31?,32+,33?,34+,35+,36?/m1/s1. The van der Waals surface area contributed by atoms with E-state index in [1.54, 1.807) is 58.8 Å². The van der Waals surface area contributed by atoms with Crippen LogP contribution in [0.25, 0.3) is 0 Å². The average molecular weight is 730 g/mol. The number of hydrogen-bond acceptors (Lipinski definition) is 15. The van der Waals surface area contributed by atoms with Gasteiger partial charge in [-0.2, -0.15) is 0 Å². The third-order valence-corrected chi connectivity index (χ3v) is 10.2. The van der Waals surface area contributed by atoms with Crippen LogP contribution >= 0.6 is 0 Å². The topological polar surface area (TPSA) is 211 Å². The smallest absolute Gasteiger partial charge is 0.308 e. The Hall–Kier alpha value is -2.15. The minimum Gasteiger partial charge on any atom is -0.462 e. The molecule has 2 fully saturated rings. The summed E-state index contributed by atoms with van der Waals surface area (Å²) in [7, 11) is 4.77. The van der Waals surface area contributed by atoms with Crippen LogP contribution in [0.5, 0.6) is 0 Å². The van der Waals surface area contributed by atoms with Crippen molar-refractivity contribution in [2.75, 3.05) is 27.8 Å². The summed E-state index contributed by atoms with van der Waals surface area (Å²) in [4.78, 5) is 39.9. The van der Waals surface area contributed by atoms with E-state index in [-0.39, 0.29) is 31.7 Å². The molecule has 15 nitrogen and oxygen atoms in total. The Labute approximate surface area is 300 Å². The Balaban J connectivity index is 1.96. The second-order valence-corrected chi connectivity index (χ2v) is 14.6. The highest BCUT2D eigenvalue weighted by atomic mass is 16.7. The van der Waals surface area contributed by atoms with Gasteiger partial charge in [-0.25, -0.2) is 0 Å². The lowest BCUT2D eigenvalue weighted by atomic mass is 9.83. The number of nitrogens with zero attached hydrogens (tertiary/aromatic N) is 1. The number of aliphatic hydroxyl groups is 5. The molecule has 5 unspecified atom stereocenters. The van der Waals surface area contributed by atoms with Crippen LogP contribution in [0.1, 0.15) is 60.3 Å². The molecule has 3 rings (SSSR count). The first-order valence-electron chi connectivity index (χ1n) is 17.7. The first kappa shape index (κ1) is 43.3. The van der Waals surface area contributed by atoms with E-state index < -0.39 is 109 Å². The molecule has 0 radical (unpaired) electrons. The van der Waals surface area contributed by atoms with E-state index in [1.165, 1.54) is 26.2 Å². The zero-order valence-electron chi connectivity index (χ0n) is 30.9. The number of methoxy groups -OCH3 is 1. The fourth-order valence-corrected chi connectivity index (χ4v) is 7.18. The van der Waals surface area contributed by atoms with Crippen LogP contribution in [-0.2, 0) is 42.8 Å². The number of rotatable bonds is 9. The molecule has 0 aliphatic carbocycles. The molecule has 0 aromatic carbocycles. The molecule has 51 heavy (non-hydrogen) atoms. The van der Waals surface area contributed by atoms with Crippen molar-refractivity contribution in [3.63, 3.8) is 0 Å². The zero-order valence-corrected chi connectivity index (χ0v) is 30.9. The van der Waals surface area contributed by atoms with Crippen LogP contribution in [0.3, 0.4) is 0 Å². The Morgan fingerprint density at radius 3 is 2.25 bits per heavy atom. The Morgan fingerprint density at radius 2 is 1.67 bits per heavy atom. The van der Waals surface area contributed by atoms with Crippen LogP contribution in [0.2, 0.25) is 0 Å². The molecule has 0 amide bonds. The summed E-state index contributed by atoms with van der Waals surface area (Å²) >= 11 is 0. The summed E-state index contributed by atoms with van der Waals surface area (Å²) in [5.41, 5.74) is -1.48. The van der Waals surface area contributed by atoms with Gasteiger partial charge in [0.05, 0.1) is 49.1 Å². The molecule has 292 valence electrons. The van der Waals surface area contributed by atoms with Crippen molar-refractivity contribution < 1.29 is 68.3 Å². The van der Waals surface area contributed by atoms with Crippen molar-refractivity contribution in [1.82, 2.24) is 4.90 Å². The van der Waals surface area contributed by atoms with E-state index in [0.29, 0.717) is 6.29 Å². The second-order valence-electron chi connectivity index (χ2n) is 14.6. The van der Waals surface area contributed by atoms with Gasteiger partial charge in [0.2, 0.25) is 0 Å². The van der Waals surface area contributed by atoms with Gasteiger partial charge < -0.3 is 63.6 Å². The molecule has 0 bridgehead atoms. The minimum atomic E-state index is -1.51. The van der Waals surface area contributed by atoms with Gasteiger partial charge in [0.15, 0.2) is 18.4 Å². The maximum atomic E-state index is 13.1. The fourth-order valence-electron chi connectivity index (χ4n) is 7.18. The van der Waals surface area contributed by atoms with Gasteiger partial charge in [-0.3, -0.25) is 9.59 Å². The number of carbonyl (C=O) groups is 3. The number of carbonyl (C=O) groups excluding carboxylic acids is 3. The quantitative estimate of drug-likeness (QED) is 0.159. The van der Waals surface area contributed by atoms with E-state index >= 15 is 0 Å². The van der Waals surface area contributed by atoms with Gasteiger partial charge in [0.25, 0.3) is 0 Å². The van der Waals surface area contributed by atoms with Crippen LogP contribution in [0.4, 0.5) is 0 Å². The summed E-state index contributed by atoms with van der Waals surface area (Å²) in [5, 5.41) is 54.2. The SMILES string of the molecule is COC1[C@H](O)CC(=O)O[C@H](C)[C@@H](CO)/C=C/C=C/C(=O)[C@H](C)C[C@H](CC=O)[C@@H]1O[C@@H]1O[C@@H](C)C(O[C@H]2CC(C)(O)[C@@H](O)[C@@H](C)O2)C(N(C)C)C1O. The zero-order chi connectivity index (χ0) is 38.2. The third kappa shape index (κ3) is 11.2. The molecule has 3 aliphatic rings. The molecular weight excluding hydrogens is 670 g/mol. The summed E-state index contributed by atoms with van der Waals surface area (Å²) in [6.07, 6.45) is -5.53. The van der Waals surface area contributed by atoms with Gasteiger partial charge in [-0.15, -0.1) is 0 Å². The van der Waals surface area contributed by atoms with Gasteiger partial charge in [0, 0.05) is 31.8 Å². The van der Waals surface area contributed by atoms with E-state index in [1.807, 2.05) is 0 Å². The van der Waals surface area contributed by atoms with Crippen LogP contribution in [0.15, 0.2) is 24.3 Å². The summed E-state index contributed by atoms with van der Waals surface area (Å²) < 4.78 is 36.1. The number of aldehydes is 1. The monoisotopic (exact) mass is 729 g/mol. The van der Waals surface area contributed by atoms with Gasteiger partial charge in [-0.1, -0.05) is 25.2 Å². The predicted octanol–water partition coefficient (Wildman–Crippen LogP) is 0.272.